The lowest BCUT2D eigenvalue weighted by atomic mass is 9.80. The number of nitrogens with zero attached hydrogens (tertiary/aromatic N) is 1. The van der Waals surface area contributed by atoms with Crippen LogP contribution in [0.3, 0.4) is 0 Å². The van der Waals surface area contributed by atoms with E-state index in [1.807, 2.05) is 4.90 Å². The van der Waals surface area contributed by atoms with Crippen LogP contribution in [0.4, 0.5) is 4.79 Å². The van der Waals surface area contributed by atoms with Crippen molar-refractivity contribution in [2.24, 2.45) is 0 Å². The number of aliphatic hydroxyl groups is 1. The van der Waals surface area contributed by atoms with Crippen molar-refractivity contribution in [3.8, 4) is 0 Å². The molecule has 4 nitrogen and oxygen atoms in total. The predicted octanol–water partition coefficient (Wildman–Crippen LogP) is 3.96. The summed E-state index contributed by atoms with van der Waals surface area (Å²) in [6, 6.07) is 8.49. The molecule has 2 fully saturated rings. The molecule has 0 unspecified atom stereocenters. The zero-order chi connectivity index (χ0) is 16.4. The first-order valence-electron chi connectivity index (χ1n) is 8.77. The van der Waals surface area contributed by atoms with Gasteiger partial charge in [-0.05, 0) is 44.6 Å². The molecule has 0 radical (unpaired) electrons. The van der Waals surface area contributed by atoms with Crippen molar-refractivity contribution in [1.82, 2.24) is 4.90 Å². The highest BCUT2D eigenvalue weighted by molar-refractivity contribution is 5.70. The molecule has 1 aliphatic heterocycles. The molecule has 1 spiro atoms. The third-order valence-electron chi connectivity index (χ3n) is 5.44. The van der Waals surface area contributed by atoms with Gasteiger partial charge < -0.3 is 14.7 Å². The number of aryl methyl sites for hydroxylation is 1. The minimum Gasteiger partial charge on any atom is -0.443 e. The number of hydrogen-bond donors (Lipinski definition) is 1. The van der Waals surface area contributed by atoms with Crippen LogP contribution in [0.15, 0.2) is 24.3 Å². The SMILES string of the molecule is CC[C@@H](c1ccc(C)cc1)N1CC[C@]2(CC[C@@H](O)CC2)OC1=O. The zero-order valence-corrected chi connectivity index (χ0v) is 14.1. The Kier molecular flexibility index (Phi) is 4.62. The van der Waals surface area contributed by atoms with Crippen LogP contribution in [-0.4, -0.2) is 34.3 Å². The summed E-state index contributed by atoms with van der Waals surface area (Å²) in [5.41, 5.74) is 2.06. The van der Waals surface area contributed by atoms with Crippen LogP contribution in [0.1, 0.15) is 62.6 Å². The minimum absolute atomic E-state index is 0.0784. The van der Waals surface area contributed by atoms with Gasteiger partial charge in [0.05, 0.1) is 12.1 Å². The first kappa shape index (κ1) is 16.3. The smallest absolute Gasteiger partial charge is 0.410 e. The van der Waals surface area contributed by atoms with Gasteiger partial charge in [-0.1, -0.05) is 36.8 Å². The average molecular weight is 317 g/mol. The highest BCUT2D eigenvalue weighted by atomic mass is 16.6. The largest absolute Gasteiger partial charge is 0.443 e. The second-order valence-corrected chi connectivity index (χ2v) is 7.06. The molecular formula is C19H27NO3. The topological polar surface area (TPSA) is 49.8 Å². The molecule has 4 heteroatoms. The second-order valence-electron chi connectivity index (χ2n) is 7.06. The molecule has 23 heavy (non-hydrogen) atoms. The normalized spacial score (nSPS) is 29.4. The van der Waals surface area contributed by atoms with Crippen molar-refractivity contribution in [2.45, 2.75) is 70.1 Å². The van der Waals surface area contributed by atoms with Gasteiger partial charge in [-0.15, -0.1) is 0 Å². The fourth-order valence-corrected chi connectivity index (χ4v) is 3.90. The molecule has 0 aromatic heterocycles. The number of carbonyl (C=O) groups is 1. The van der Waals surface area contributed by atoms with Gasteiger partial charge in [0.2, 0.25) is 0 Å². The van der Waals surface area contributed by atoms with Crippen LogP contribution in [0.5, 0.6) is 0 Å². The van der Waals surface area contributed by atoms with Crippen molar-refractivity contribution >= 4 is 6.09 Å². The van der Waals surface area contributed by atoms with E-state index in [0.717, 1.165) is 45.1 Å². The van der Waals surface area contributed by atoms with E-state index in [1.165, 1.54) is 11.1 Å². The van der Waals surface area contributed by atoms with E-state index in [1.54, 1.807) is 0 Å². The summed E-state index contributed by atoms with van der Waals surface area (Å²) in [6.07, 6.45) is 4.38. The number of amides is 1. The number of rotatable bonds is 3. The number of carbonyl (C=O) groups excluding carboxylic acids is 1. The summed E-state index contributed by atoms with van der Waals surface area (Å²) < 4.78 is 5.88. The van der Waals surface area contributed by atoms with Gasteiger partial charge in [-0.2, -0.15) is 0 Å². The van der Waals surface area contributed by atoms with Gasteiger partial charge in [0.15, 0.2) is 0 Å². The summed E-state index contributed by atoms with van der Waals surface area (Å²) in [6.45, 7) is 4.92. The zero-order valence-electron chi connectivity index (χ0n) is 14.1. The number of ether oxygens (including phenoxy) is 1. The molecule has 1 saturated carbocycles. The quantitative estimate of drug-likeness (QED) is 0.918. The third-order valence-corrected chi connectivity index (χ3v) is 5.44. The van der Waals surface area contributed by atoms with Crippen LogP contribution >= 0.6 is 0 Å². The van der Waals surface area contributed by atoms with E-state index >= 15 is 0 Å². The fourth-order valence-electron chi connectivity index (χ4n) is 3.90. The second kappa shape index (κ2) is 6.52. The summed E-state index contributed by atoms with van der Waals surface area (Å²) in [4.78, 5) is 14.5. The molecule has 1 aromatic rings. The van der Waals surface area contributed by atoms with Crippen LogP contribution < -0.4 is 0 Å². The minimum atomic E-state index is -0.335. The monoisotopic (exact) mass is 317 g/mol. The lowest BCUT2D eigenvalue weighted by Gasteiger charge is -2.46. The highest BCUT2D eigenvalue weighted by Gasteiger charge is 2.44. The molecule has 1 N–H and O–H groups in total. The Morgan fingerprint density at radius 3 is 2.48 bits per heavy atom. The van der Waals surface area contributed by atoms with E-state index in [4.69, 9.17) is 4.74 Å². The molecule has 3 rings (SSSR count). The van der Waals surface area contributed by atoms with Gasteiger partial charge in [0.25, 0.3) is 0 Å². The van der Waals surface area contributed by atoms with Crippen LogP contribution in [0.25, 0.3) is 0 Å². The van der Waals surface area contributed by atoms with E-state index in [0.29, 0.717) is 0 Å². The molecule has 1 aromatic carbocycles. The molecule has 1 atom stereocenters. The summed E-state index contributed by atoms with van der Waals surface area (Å²) in [7, 11) is 0. The summed E-state index contributed by atoms with van der Waals surface area (Å²) in [5.74, 6) is 0. The fraction of sp³-hybridized carbons (Fsp3) is 0.632. The first-order valence-corrected chi connectivity index (χ1v) is 8.77. The molecule has 0 bridgehead atoms. The van der Waals surface area contributed by atoms with Crippen LogP contribution in [-0.2, 0) is 4.74 Å². The Morgan fingerprint density at radius 2 is 1.91 bits per heavy atom. The van der Waals surface area contributed by atoms with Gasteiger partial charge >= 0.3 is 6.09 Å². The van der Waals surface area contributed by atoms with E-state index in [2.05, 4.69) is 38.1 Å². The van der Waals surface area contributed by atoms with Gasteiger partial charge in [0.1, 0.15) is 5.60 Å². The van der Waals surface area contributed by atoms with Crippen molar-refractivity contribution in [1.29, 1.82) is 0 Å². The maximum Gasteiger partial charge on any atom is 0.410 e. The highest BCUT2D eigenvalue weighted by Crippen LogP contribution is 2.40. The first-order chi connectivity index (χ1) is 11.0. The Bertz CT molecular complexity index is 546. The molecular weight excluding hydrogens is 290 g/mol. The van der Waals surface area contributed by atoms with E-state index in [9.17, 15) is 9.90 Å². The van der Waals surface area contributed by atoms with E-state index < -0.39 is 0 Å². The Balaban J connectivity index is 1.72. The maximum absolute atomic E-state index is 12.6. The Hall–Kier alpha value is -1.55. The molecule has 1 aliphatic carbocycles. The van der Waals surface area contributed by atoms with Crippen molar-refractivity contribution in [2.75, 3.05) is 6.54 Å². The van der Waals surface area contributed by atoms with Crippen LogP contribution in [0.2, 0.25) is 0 Å². The lowest BCUT2D eigenvalue weighted by Crippen LogP contribution is -2.52. The molecule has 2 aliphatic rings. The summed E-state index contributed by atoms with van der Waals surface area (Å²) in [5, 5.41) is 9.69. The molecule has 1 heterocycles. The molecule has 126 valence electrons. The maximum atomic E-state index is 12.6. The number of hydrogen-bond acceptors (Lipinski definition) is 3. The standard InChI is InChI=1S/C19H27NO3/c1-3-17(15-6-4-14(2)5-7-15)20-13-12-19(23-18(20)22)10-8-16(21)9-11-19/h4-7,16-17,21H,3,8-13H2,1-2H3/t16-,17-,19-/m0/s1. The van der Waals surface area contributed by atoms with Gasteiger partial charge in [-0.3, -0.25) is 0 Å². The lowest BCUT2D eigenvalue weighted by molar-refractivity contribution is -0.0920. The third kappa shape index (κ3) is 3.37. The van der Waals surface area contributed by atoms with Crippen molar-refractivity contribution < 1.29 is 14.6 Å². The number of benzene rings is 1. The Morgan fingerprint density at radius 1 is 1.26 bits per heavy atom. The Labute approximate surface area is 138 Å². The van der Waals surface area contributed by atoms with Crippen molar-refractivity contribution in [3.63, 3.8) is 0 Å². The molecule has 1 amide bonds. The van der Waals surface area contributed by atoms with Gasteiger partial charge in [-0.25, -0.2) is 4.79 Å². The number of aliphatic hydroxyl groups excluding tert-OH is 1. The predicted molar refractivity (Wildman–Crippen MR) is 89.2 cm³/mol. The van der Waals surface area contributed by atoms with Crippen molar-refractivity contribution in [3.05, 3.63) is 35.4 Å². The summed E-state index contributed by atoms with van der Waals surface area (Å²) >= 11 is 0. The van der Waals surface area contributed by atoms with Crippen LogP contribution in [0, 0.1) is 6.92 Å². The van der Waals surface area contributed by atoms with Gasteiger partial charge in [0, 0.05) is 13.0 Å². The van der Waals surface area contributed by atoms with E-state index in [-0.39, 0.29) is 23.8 Å². The average Bonchev–Trinajstić information content (AvgIpc) is 2.55. The molecule has 1 saturated heterocycles.